The molecular weight excluding hydrogens is 270 g/mol. The van der Waals surface area contributed by atoms with E-state index in [9.17, 15) is 13.6 Å². The Morgan fingerprint density at radius 3 is 2.42 bits per heavy atom. The first-order chi connectivity index (χ1) is 8.97. The Morgan fingerprint density at radius 1 is 1.16 bits per heavy atom. The van der Waals surface area contributed by atoms with Gasteiger partial charge in [-0.15, -0.1) is 0 Å². The zero-order valence-electron chi connectivity index (χ0n) is 10.1. The largest absolute Gasteiger partial charge is 0.481 e. The van der Waals surface area contributed by atoms with Crippen LogP contribution in [0.25, 0.3) is 10.8 Å². The van der Waals surface area contributed by atoms with Crippen LogP contribution < -0.4 is 0 Å². The van der Waals surface area contributed by atoms with Gasteiger partial charge in [0.05, 0.1) is 5.92 Å². The number of hydrogen-bond donors (Lipinski definition) is 1. The van der Waals surface area contributed by atoms with Crippen LogP contribution in [0, 0.1) is 0 Å². The average molecular weight is 282 g/mol. The van der Waals surface area contributed by atoms with E-state index in [-0.39, 0.29) is 0 Å². The summed E-state index contributed by atoms with van der Waals surface area (Å²) in [6.45, 7) is 1.62. The Kier molecular flexibility index (Phi) is 4.04. The molecule has 0 fully saturated rings. The molecule has 1 N–H and O–H groups in total. The van der Waals surface area contributed by atoms with Crippen molar-refractivity contribution in [3.8, 4) is 0 Å². The van der Waals surface area contributed by atoms with Crippen molar-refractivity contribution in [2.45, 2.75) is 23.5 Å². The number of halogens is 2. The summed E-state index contributed by atoms with van der Waals surface area (Å²) in [7, 11) is 0. The third kappa shape index (κ3) is 3.23. The van der Waals surface area contributed by atoms with Crippen molar-refractivity contribution >= 4 is 28.5 Å². The first-order valence-electron chi connectivity index (χ1n) is 5.68. The van der Waals surface area contributed by atoms with Crippen LogP contribution in [0.2, 0.25) is 0 Å². The summed E-state index contributed by atoms with van der Waals surface area (Å²) in [5.74, 6) is -3.91. The molecule has 0 saturated heterocycles. The van der Waals surface area contributed by atoms with Gasteiger partial charge in [-0.25, -0.2) is 0 Å². The fraction of sp³-hybridized carbons (Fsp3) is 0.214. The lowest BCUT2D eigenvalue weighted by molar-refractivity contribution is -0.138. The number of carbonyl (C=O) groups is 1. The minimum Gasteiger partial charge on any atom is -0.481 e. The molecule has 0 aliphatic carbocycles. The zero-order valence-corrected chi connectivity index (χ0v) is 11.0. The van der Waals surface area contributed by atoms with Crippen molar-refractivity contribution in [2.24, 2.45) is 0 Å². The van der Waals surface area contributed by atoms with Gasteiger partial charge in [0.2, 0.25) is 0 Å². The molecule has 2 nitrogen and oxygen atoms in total. The second-order valence-corrected chi connectivity index (χ2v) is 5.27. The number of carboxylic acid groups (broad SMARTS) is 1. The predicted molar refractivity (Wildman–Crippen MR) is 71.9 cm³/mol. The summed E-state index contributed by atoms with van der Waals surface area (Å²) >= 11 is 0.501. The van der Waals surface area contributed by atoms with E-state index in [1.54, 1.807) is 43.3 Å². The van der Waals surface area contributed by atoms with Gasteiger partial charge in [-0.1, -0.05) is 36.0 Å². The SMILES string of the molecule is CC(C(=O)O)c1ccc2cc(SC(F)F)ccc2c1. The van der Waals surface area contributed by atoms with Crippen molar-refractivity contribution < 1.29 is 18.7 Å². The molecule has 0 aliphatic heterocycles. The molecule has 0 amide bonds. The second kappa shape index (κ2) is 5.57. The number of benzene rings is 2. The maximum Gasteiger partial charge on any atom is 0.310 e. The van der Waals surface area contributed by atoms with Gasteiger partial charge in [0.25, 0.3) is 5.76 Å². The Labute approximate surface area is 113 Å². The molecule has 0 spiro atoms. The smallest absolute Gasteiger partial charge is 0.310 e. The van der Waals surface area contributed by atoms with E-state index in [0.29, 0.717) is 22.2 Å². The van der Waals surface area contributed by atoms with Gasteiger partial charge >= 0.3 is 5.97 Å². The lowest BCUT2D eigenvalue weighted by atomic mass is 9.98. The van der Waals surface area contributed by atoms with Gasteiger partial charge in [-0.2, -0.15) is 8.78 Å². The van der Waals surface area contributed by atoms with Gasteiger partial charge < -0.3 is 5.11 Å². The van der Waals surface area contributed by atoms with Gasteiger partial charge in [0, 0.05) is 4.90 Å². The molecule has 0 saturated carbocycles. The monoisotopic (exact) mass is 282 g/mol. The highest BCUT2D eigenvalue weighted by atomic mass is 32.2. The minimum atomic E-state index is -2.44. The van der Waals surface area contributed by atoms with Crippen LogP contribution in [0.15, 0.2) is 41.3 Å². The second-order valence-electron chi connectivity index (χ2n) is 4.21. The summed E-state index contributed by atoms with van der Waals surface area (Å²) in [5.41, 5.74) is 0.703. The van der Waals surface area contributed by atoms with Crippen molar-refractivity contribution in [1.29, 1.82) is 0 Å². The van der Waals surface area contributed by atoms with E-state index >= 15 is 0 Å². The number of fused-ring (bicyclic) bond motifs is 1. The molecule has 2 aromatic rings. The number of alkyl halides is 2. The van der Waals surface area contributed by atoms with Crippen LogP contribution in [0.3, 0.4) is 0 Å². The molecule has 0 bridgehead atoms. The summed E-state index contributed by atoms with van der Waals surface area (Å²) in [6, 6.07) is 10.3. The van der Waals surface area contributed by atoms with E-state index in [0.717, 1.165) is 10.8 Å². The van der Waals surface area contributed by atoms with Crippen LogP contribution in [-0.2, 0) is 4.79 Å². The standard InChI is InChI=1S/C14H12F2O2S/c1-8(13(17)18)9-2-3-11-7-12(19-14(15)16)5-4-10(11)6-9/h2-8,14H,1H3,(H,17,18). The molecule has 100 valence electrons. The third-order valence-corrected chi connectivity index (χ3v) is 3.64. The zero-order chi connectivity index (χ0) is 14.0. The highest BCUT2D eigenvalue weighted by Gasteiger charge is 2.14. The number of aliphatic carboxylic acids is 1. The summed E-state index contributed by atoms with van der Waals surface area (Å²) in [4.78, 5) is 11.4. The van der Waals surface area contributed by atoms with E-state index in [2.05, 4.69) is 0 Å². The van der Waals surface area contributed by atoms with Crippen molar-refractivity contribution in [2.75, 3.05) is 0 Å². The van der Waals surface area contributed by atoms with Gasteiger partial charge in [0.15, 0.2) is 0 Å². The Bertz CT molecular complexity index is 613. The fourth-order valence-electron chi connectivity index (χ4n) is 1.83. The van der Waals surface area contributed by atoms with Crippen LogP contribution in [0.1, 0.15) is 18.4 Å². The van der Waals surface area contributed by atoms with Gasteiger partial charge in [0.1, 0.15) is 0 Å². The maximum atomic E-state index is 12.3. The van der Waals surface area contributed by atoms with Crippen LogP contribution in [0.5, 0.6) is 0 Å². The molecule has 19 heavy (non-hydrogen) atoms. The molecule has 1 atom stereocenters. The summed E-state index contributed by atoms with van der Waals surface area (Å²) < 4.78 is 24.6. The molecule has 0 aromatic heterocycles. The van der Waals surface area contributed by atoms with E-state index in [4.69, 9.17) is 5.11 Å². The van der Waals surface area contributed by atoms with E-state index < -0.39 is 17.6 Å². The summed E-state index contributed by atoms with van der Waals surface area (Å²) in [6.07, 6.45) is 0. The quantitative estimate of drug-likeness (QED) is 0.847. The predicted octanol–water partition coefficient (Wildman–Crippen LogP) is 4.34. The number of thioether (sulfide) groups is 1. The summed E-state index contributed by atoms with van der Waals surface area (Å²) in [5, 5.41) is 10.6. The van der Waals surface area contributed by atoms with E-state index in [1.807, 2.05) is 0 Å². The highest BCUT2D eigenvalue weighted by Crippen LogP contribution is 2.29. The number of rotatable bonds is 4. The molecule has 0 radical (unpaired) electrons. The van der Waals surface area contributed by atoms with E-state index in [1.165, 1.54) is 0 Å². The van der Waals surface area contributed by atoms with Crippen molar-refractivity contribution in [3.63, 3.8) is 0 Å². The Balaban J connectivity index is 2.37. The number of carboxylic acids is 1. The Morgan fingerprint density at radius 2 is 1.79 bits per heavy atom. The van der Waals surface area contributed by atoms with Crippen LogP contribution in [0.4, 0.5) is 8.78 Å². The highest BCUT2D eigenvalue weighted by molar-refractivity contribution is 7.99. The molecule has 2 rings (SSSR count). The average Bonchev–Trinajstić information content (AvgIpc) is 2.36. The van der Waals surface area contributed by atoms with Gasteiger partial charge in [-0.3, -0.25) is 4.79 Å². The van der Waals surface area contributed by atoms with Crippen LogP contribution in [-0.4, -0.2) is 16.8 Å². The molecule has 1 unspecified atom stereocenters. The molecule has 2 aromatic carbocycles. The van der Waals surface area contributed by atoms with Crippen molar-refractivity contribution in [3.05, 3.63) is 42.0 Å². The lowest BCUT2D eigenvalue weighted by Gasteiger charge is -2.09. The first-order valence-corrected chi connectivity index (χ1v) is 6.56. The lowest BCUT2D eigenvalue weighted by Crippen LogP contribution is -2.06. The molecular formula is C14H12F2O2S. The molecule has 0 heterocycles. The normalized spacial score (nSPS) is 12.8. The molecule has 5 heteroatoms. The minimum absolute atomic E-state index is 0.501. The number of hydrogen-bond acceptors (Lipinski definition) is 2. The Hall–Kier alpha value is -1.62. The van der Waals surface area contributed by atoms with Gasteiger partial charge in [-0.05, 0) is 35.4 Å². The third-order valence-electron chi connectivity index (χ3n) is 2.93. The fourth-order valence-corrected chi connectivity index (χ4v) is 2.38. The first kappa shape index (κ1) is 13.8. The maximum absolute atomic E-state index is 12.3. The van der Waals surface area contributed by atoms with Crippen molar-refractivity contribution in [1.82, 2.24) is 0 Å². The molecule has 0 aliphatic rings. The van der Waals surface area contributed by atoms with Crippen LogP contribution >= 0.6 is 11.8 Å². The topological polar surface area (TPSA) is 37.3 Å².